The summed E-state index contributed by atoms with van der Waals surface area (Å²) < 4.78 is 32.3. The number of nitrogens with one attached hydrogen (secondary N) is 1. The Kier molecular flexibility index (Phi) is 4.43. The summed E-state index contributed by atoms with van der Waals surface area (Å²) in [5.41, 5.74) is 1.82. The van der Waals surface area contributed by atoms with E-state index in [0.717, 1.165) is 5.56 Å². The zero-order valence-corrected chi connectivity index (χ0v) is 13.7. The molecular weight excluding hydrogens is 326 g/mol. The monoisotopic (exact) mass is 341 g/mol. The standard InChI is InChI=1S/C17H15N3O3S/c1-23-17-11-10-16(18-19-17)13-6-5-7-14(12-13)20-24(21,22)15-8-3-2-4-9-15/h2-12,20H,1H3. The first-order valence-electron chi connectivity index (χ1n) is 7.14. The van der Waals surface area contributed by atoms with Crippen LogP contribution in [0.1, 0.15) is 0 Å². The Labute approximate surface area is 140 Å². The maximum absolute atomic E-state index is 12.4. The minimum Gasteiger partial charge on any atom is -0.480 e. The predicted octanol–water partition coefficient (Wildman–Crippen LogP) is 2.95. The van der Waals surface area contributed by atoms with Crippen molar-refractivity contribution in [1.29, 1.82) is 0 Å². The van der Waals surface area contributed by atoms with Gasteiger partial charge in [0.1, 0.15) is 0 Å². The van der Waals surface area contributed by atoms with E-state index in [0.29, 0.717) is 17.3 Å². The number of nitrogens with zero attached hydrogens (tertiary/aromatic N) is 2. The van der Waals surface area contributed by atoms with Gasteiger partial charge in [-0.15, -0.1) is 10.2 Å². The highest BCUT2D eigenvalue weighted by Gasteiger charge is 2.13. The molecule has 122 valence electrons. The van der Waals surface area contributed by atoms with Crippen molar-refractivity contribution >= 4 is 15.7 Å². The largest absolute Gasteiger partial charge is 0.480 e. The van der Waals surface area contributed by atoms with Gasteiger partial charge in [-0.1, -0.05) is 30.3 Å². The van der Waals surface area contributed by atoms with Crippen LogP contribution < -0.4 is 9.46 Å². The number of methoxy groups -OCH3 is 1. The first-order chi connectivity index (χ1) is 11.6. The van der Waals surface area contributed by atoms with Gasteiger partial charge in [-0.2, -0.15) is 0 Å². The van der Waals surface area contributed by atoms with Crippen LogP contribution in [-0.4, -0.2) is 25.7 Å². The van der Waals surface area contributed by atoms with Crippen LogP contribution in [0.2, 0.25) is 0 Å². The average Bonchev–Trinajstić information content (AvgIpc) is 2.62. The third-order valence-electron chi connectivity index (χ3n) is 3.31. The fourth-order valence-electron chi connectivity index (χ4n) is 2.14. The van der Waals surface area contributed by atoms with Crippen molar-refractivity contribution in [2.75, 3.05) is 11.8 Å². The van der Waals surface area contributed by atoms with E-state index < -0.39 is 10.0 Å². The molecule has 2 aromatic carbocycles. The van der Waals surface area contributed by atoms with E-state index in [1.54, 1.807) is 60.7 Å². The molecule has 0 fully saturated rings. The van der Waals surface area contributed by atoms with Gasteiger partial charge in [0.25, 0.3) is 10.0 Å². The highest BCUT2D eigenvalue weighted by Crippen LogP contribution is 2.23. The summed E-state index contributed by atoms with van der Waals surface area (Å²) in [6.07, 6.45) is 0. The van der Waals surface area contributed by atoms with Crippen LogP contribution in [0, 0.1) is 0 Å². The second-order valence-electron chi connectivity index (χ2n) is 4.96. The van der Waals surface area contributed by atoms with Crippen molar-refractivity contribution in [3.05, 3.63) is 66.7 Å². The molecule has 1 aromatic heterocycles. The van der Waals surface area contributed by atoms with E-state index in [2.05, 4.69) is 14.9 Å². The molecule has 0 aliphatic carbocycles. The van der Waals surface area contributed by atoms with Crippen LogP contribution in [0.25, 0.3) is 11.3 Å². The number of sulfonamides is 1. The lowest BCUT2D eigenvalue weighted by Crippen LogP contribution is -2.12. The van der Waals surface area contributed by atoms with Crippen molar-refractivity contribution in [1.82, 2.24) is 10.2 Å². The van der Waals surface area contributed by atoms with Crippen LogP contribution in [0.4, 0.5) is 5.69 Å². The number of hydrogen-bond donors (Lipinski definition) is 1. The molecule has 3 rings (SSSR count). The molecule has 0 aliphatic heterocycles. The lowest BCUT2D eigenvalue weighted by Gasteiger charge is -2.09. The van der Waals surface area contributed by atoms with Crippen molar-refractivity contribution in [3.8, 4) is 17.1 Å². The molecule has 1 heterocycles. The van der Waals surface area contributed by atoms with Gasteiger partial charge in [-0.25, -0.2) is 8.42 Å². The lowest BCUT2D eigenvalue weighted by molar-refractivity contribution is 0.392. The lowest BCUT2D eigenvalue weighted by atomic mass is 10.1. The fraction of sp³-hybridized carbons (Fsp3) is 0.0588. The summed E-state index contributed by atoms with van der Waals surface area (Å²) in [6, 6.07) is 18.6. The van der Waals surface area contributed by atoms with E-state index in [4.69, 9.17) is 4.74 Å². The number of anilines is 1. The molecule has 1 N–H and O–H groups in total. The number of benzene rings is 2. The van der Waals surface area contributed by atoms with Crippen LogP contribution >= 0.6 is 0 Å². The zero-order chi connectivity index (χ0) is 17.0. The Hall–Kier alpha value is -2.93. The molecule has 7 heteroatoms. The molecule has 0 aliphatic rings. The van der Waals surface area contributed by atoms with Gasteiger partial charge in [0.05, 0.1) is 17.7 Å². The third-order valence-corrected chi connectivity index (χ3v) is 4.71. The molecule has 0 saturated heterocycles. The highest BCUT2D eigenvalue weighted by molar-refractivity contribution is 7.92. The Morgan fingerprint density at radius 2 is 1.71 bits per heavy atom. The summed E-state index contributed by atoms with van der Waals surface area (Å²) >= 11 is 0. The molecule has 0 atom stereocenters. The summed E-state index contributed by atoms with van der Waals surface area (Å²) in [5, 5.41) is 7.98. The molecule has 0 spiro atoms. The van der Waals surface area contributed by atoms with E-state index >= 15 is 0 Å². The molecule has 3 aromatic rings. The van der Waals surface area contributed by atoms with Crippen molar-refractivity contribution in [2.24, 2.45) is 0 Å². The number of aromatic nitrogens is 2. The molecule has 0 saturated carbocycles. The minimum atomic E-state index is -3.63. The van der Waals surface area contributed by atoms with E-state index in [9.17, 15) is 8.42 Å². The van der Waals surface area contributed by atoms with Crippen LogP contribution in [0.5, 0.6) is 5.88 Å². The topological polar surface area (TPSA) is 81.2 Å². The Balaban J connectivity index is 1.88. The fourth-order valence-corrected chi connectivity index (χ4v) is 3.21. The molecule has 0 bridgehead atoms. The Morgan fingerprint density at radius 3 is 2.38 bits per heavy atom. The Morgan fingerprint density at radius 1 is 0.917 bits per heavy atom. The minimum absolute atomic E-state index is 0.208. The molecule has 24 heavy (non-hydrogen) atoms. The average molecular weight is 341 g/mol. The SMILES string of the molecule is COc1ccc(-c2cccc(NS(=O)(=O)c3ccccc3)c2)nn1. The molecule has 0 radical (unpaired) electrons. The van der Waals surface area contributed by atoms with Gasteiger partial charge >= 0.3 is 0 Å². The predicted molar refractivity (Wildman–Crippen MR) is 91.3 cm³/mol. The summed E-state index contributed by atoms with van der Waals surface area (Å²) in [4.78, 5) is 0.208. The first kappa shape index (κ1) is 15.9. The number of ether oxygens (including phenoxy) is 1. The van der Waals surface area contributed by atoms with Crippen molar-refractivity contribution < 1.29 is 13.2 Å². The van der Waals surface area contributed by atoms with Crippen LogP contribution in [0.15, 0.2) is 71.6 Å². The smallest absolute Gasteiger partial charge is 0.261 e. The van der Waals surface area contributed by atoms with Crippen LogP contribution in [-0.2, 0) is 10.0 Å². The molecule has 0 unspecified atom stereocenters. The van der Waals surface area contributed by atoms with Crippen molar-refractivity contribution in [3.63, 3.8) is 0 Å². The normalized spacial score (nSPS) is 11.0. The van der Waals surface area contributed by atoms with E-state index in [1.807, 2.05) is 6.07 Å². The quantitative estimate of drug-likeness (QED) is 0.771. The number of rotatable bonds is 5. The number of hydrogen-bond acceptors (Lipinski definition) is 5. The maximum Gasteiger partial charge on any atom is 0.261 e. The molecule has 6 nitrogen and oxygen atoms in total. The highest BCUT2D eigenvalue weighted by atomic mass is 32.2. The van der Waals surface area contributed by atoms with Crippen molar-refractivity contribution in [2.45, 2.75) is 4.90 Å². The summed E-state index contributed by atoms with van der Waals surface area (Å²) in [5.74, 6) is 0.416. The van der Waals surface area contributed by atoms with E-state index in [1.165, 1.54) is 7.11 Å². The van der Waals surface area contributed by atoms with Gasteiger partial charge in [0.2, 0.25) is 5.88 Å². The summed E-state index contributed by atoms with van der Waals surface area (Å²) in [7, 11) is -2.11. The van der Waals surface area contributed by atoms with Gasteiger partial charge in [-0.3, -0.25) is 4.72 Å². The first-order valence-corrected chi connectivity index (χ1v) is 8.63. The Bertz CT molecular complexity index is 927. The van der Waals surface area contributed by atoms with Gasteiger partial charge < -0.3 is 4.74 Å². The summed E-state index contributed by atoms with van der Waals surface area (Å²) in [6.45, 7) is 0. The van der Waals surface area contributed by atoms with Gasteiger partial charge in [-0.05, 0) is 30.3 Å². The van der Waals surface area contributed by atoms with Gasteiger partial charge in [0.15, 0.2) is 0 Å². The van der Waals surface area contributed by atoms with E-state index in [-0.39, 0.29) is 4.90 Å². The molecular formula is C17H15N3O3S. The zero-order valence-electron chi connectivity index (χ0n) is 12.9. The maximum atomic E-state index is 12.4. The van der Waals surface area contributed by atoms with Gasteiger partial charge in [0, 0.05) is 17.3 Å². The molecule has 0 amide bonds. The second kappa shape index (κ2) is 6.67. The third kappa shape index (κ3) is 3.52. The second-order valence-corrected chi connectivity index (χ2v) is 6.64. The van der Waals surface area contributed by atoms with Crippen LogP contribution in [0.3, 0.4) is 0 Å².